The van der Waals surface area contributed by atoms with Gasteiger partial charge in [-0.15, -0.1) is 0 Å². The normalized spacial score (nSPS) is 16.8. The number of rotatable bonds is 7. The van der Waals surface area contributed by atoms with E-state index >= 15 is 0 Å². The van der Waals surface area contributed by atoms with E-state index in [2.05, 4.69) is 62.1 Å². The van der Waals surface area contributed by atoms with Crippen LogP contribution in [0.25, 0.3) is 11.1 Å². The van der Waals surface area contributed by atoms with Crippen LogP contribution in [0.2, 0.25) is 0 Å². The molecule has 1 fully saturated rings. The Hall–Kier alpha value is -2.00. The van der Waals surface area contributed by atoms with Crippen LogP contribution in [0.15, 0.2) is 36.4 Å². The molecule has 140 valence electrons. The summed E-state index contributed by atoms with van der Waals surface area (Å²) >= 11 is 0. The molecule has 2 aromatic rings. The van der Waals surface area contributed by atoms with Crippen molar-refractivity contribution < 1.29 is 0 Å². The maximum atomic E-state index is 3.27. The highest BCUT2D eigenvalue weighted by Crippen LogP contribution is 2.44. The third-order valence-electron chi connectivity index (χ3n) is 6.87. The van der Waals surface area contributed by atoms with Crippen molar-refractivity contribution in [2.45, 2.75) is 83.5 Å². The largest absolute Gasteiger partial charge is 0.0654 e. The van der Waals surface area contributed by atoms with Gasteiger partial charge in [0.1, 0.15) is 0 Å². The van der Waals surface area contributed by atoms with Gasteiger partial charge in [0, 0.05) is 11.1 Å². The molecular formula is C27H32. The first kappa shape index (κ1) is 18.4. The molecular weight excluding hydrogens is 324 g/mol. The monoisotopic (exact) mass is 356 g/mol. The summed E-state index contributed by atoms with van der Waals surface area (Å²) in [5.41, 5.74) is 8.68. The van der Waals surface area contributed by atoms with Gasteiger partial charge in [-0.2, -0.15) is 0 Å². The Morgan fingerprint density at radius 2 is 1.63 bits per heavy atom. The minimum atomic E-state index is 0.436. The summed E-state index contributed by atoms with van der Waals surface area (Å²) in [5.74, 6) is 6.44. The van der Waals surface area contributed by atoms with Crippen LogP contribution >= 0.6 is 0 Å². The molecule has 1 saturated carbocycles. The van der Waals surface area contributed by atoms with Crippen molar-refractivity contribution >= 4 is 0 Å². The zero-order valence-corrected chi connectivity index (χ0v) is 17.0. The molecule has 0 saturated heterocycles. The van der Waals surface area contributed by atoms with E-state index in [0.717, 1.165) is 6.42 Å². The molecule has 2 aromatic carbocycles. The summed E-state index contributed by atoms with van der Waals surface area (Å²) in [7, 11) is 0. The Labute approximate surface area is 165 Å². The molecule has 0 amide bonds. The third-order valence-corrected chi connectivity index (χ3v) is 6.87. The third kappa shape index (κ3) is 3.45. The molecule has 0 radical (unpaired) electrons. The van der Waals surface area contributed by atoms with Crippen LogP contribution in [-0.2, 0) is 11.8 Å². The van der Waals surface area contributed by atoms with E-state index in [1.807, 2.05) is 0 Å². The van der Waals surface area contributed by atoms with E-state index in [1.54, 1.807) is 5.56 Å². The Kier molecular flexibility index (Phi) is 5.40. The van der Waals surface area contributed by atoms with Crippen LogP contribution in [-0.4, -0.2) is 0 Å². The second kappa shape index (κ2) is 7.93. The van der Waals surface area contributed by atoms with Crippen molar-refractivity contribution in [1.29, 1.82) is 0 Å². The predicted octanol–water partition coefficient (Wildman–Crippen LogP) is 7.41. The molecule has 0 N–H and O–H groups in total. The number of unbranched alkanes of at least 4 members (excludes halogenated alkanes) is 2. The summed E-state index contributed by atoms with van der Waals surface area (Å²) in [6, 6.07) is 14.1. The summed E-state index contributed by atoms with van der Waals surface area (Å²) < 4.78 is 0. The molecule has 0 nitrogen and oxygen atoms in total. The Morgan fingerprint density at radius 3 is 2.26 bits per heavy atom. The van der Waals surface area contributed by atoms with E-state index < -0.39 is 0 Å². The lowest BCUT2D eigenvalue weighted by Gasteiger charge is -2.38. The van der Waals surface area contributed by atoms with Crippen LogP contribution in [0.1, 0.15) is 93.9 Å². The molecule has 0 bridgehead atoms. The van der Waals surface area contributed by atoms with Gasteiger partial charge in [-0.05, 0) is 59.4 Å². The zero-order valence-electron chi connectivity index (χ0n) is 17.0. The van der Waals surface area contributed by atoms with Crippen LogP contribution in [0.3, 0.4) is 0 Å². The highest BCUT2D eigenvalue weighted by Gasteiger charge is 2.33. The van der Waals surface area contributed by atoms with E-state index in [9.17, 15) is 0 Å². The van der Waals surface area contributed by atoms with E-state index in [-0.39, 0.29) is 0 Å². The van der Waals surface area contributed by atoms with E-state index in [4.69, 9.17) is 0 Å². The Morgan fingerprint density at radius 1 is 0.852 bits per heavy atom. The van der Waals surface area contributed by atoms with Gasteiger partial charge in [0.25, 0.3) is 0 Å². The van der Waals surface area contributed by atoms with Gasteiger partial charge in [0.2, 0.25) is 0 Å². The standard InChI is InChI=1S/C27H32/c1-3-5-7-18-27(19-8-6-9-20-27)23-14-10-21(11-15-23)25-16-12-22-13-17-26(22)24(25)4-2/h10-12,14-16H,3-9,18-20H2,1-2H3. The first-order chi connectivity index (χ1) is 13.3. The molecule has 0 aliphatic heterocycles. The highest BCUT2D eigenvalue weighted by molar-refractivity contribution is 5.76. The van der Waals surface area contributed by atoms with Crippen LogP contribution in [0, 0.1) is 11.8 Å². The first-order valence-electron chi connectivity index (χ1n) is 11.1. The zero-order chi connectivity index (χ0) is 18.7. The average molecular weight is 357 g/mol. The van der Waals surface area contributed by atoms with Gasteiger partial charge in [-0.25, -0.2) is 0 Å². The fourth-order valence-electron chi connectivity index (χ4n) is 5.23. The van der Waals surface area contributed by atoms with Crippen molar-refractivity contribution in [2.75, 3.05) is 0 Å². The van der Waals surface area contributed by atoms with E-state index in [0.29, 0.717) is 5.41 Å². The van der Waals surface area contributed by atoms with Crippen LogP contribution in [0.5, 0.6) is 0 Å². The predicted molar refractivity (Wildman–Crippen MR) is 116 cm³/mol. The van der Waals surface area contributed by atoms with Gasteiger partial charge >= 0.3 is 0 Å². The lowest BCUT2D eigenvalue weighted by atomic mass is 9.66. The molecule has 0 aromatic heterocycles. The summed E-state index contributed by atoms with van der Waals surface area (Å²) in [6.07, 6.45) is 13.5. The first-order valence-corrected chi connectivity index (χ1v) is 11.1. The molecule has 0 heteroatoms. The van der Waals surface area contributed by atoms with Crippen molar-refractivity contribution in [2.24, 2.45) is 0 Å². The molecule has 0 atom stereocenters. The van der Waals surface area contributed by atoms with Gasteiger partial charge in [0.15, 0.2) is 0 Å². The summed E-state index contributed by atoms with van der Waals surface area (Å²) in [6.45, 7) is 4.56. The lowest BCUT2D eigenvalue weighted by Crippen LogP contribution is -2.29. The number of hydrogen-bond donors (Lipinski definition) is 0. The maximum Gasteiger partial charge on any atom is 0.0443 e. The van der Waals surface area contributed by atoms with Gasteiger partial charge in [-0.3, -0.25) is 0 Å². The van der Waals surface area contributed by atoms with Gasteiger partial charge < -0.3 is 0 Å². The molecule has 0 spiro atoms. The van der Waals surface area contributed by atoms with Crippen LogP contribution in [0.4, 0.5) is 0 Å². The molecule has 0 heterocycles. The number of hydrogen-bond acceptors (Lipinski definition) is 0. The van der Waals surface area contributed by atoms with Gasteiger partial charge in [-0.1, -0.05) is 94.5 Å². The topological polar surface area (TPSA) is 0 Å². The minimum Gasteiger partial charge on any atom is -0.0654 e. The minimum absolute atomic E-state index is 0.436. The summed E-state index contributed by atoms with van der Waals surface area (Å²) in [5, 5.41) is 0. The fourth-order valence-corrected chi connectivity index (χ4v) is 5.23. The Bertz CT molecular complexity index is 851. The molecule has 2 aliphatic rings. The SMILES string of the molecule is CCCCCC1(c2ccc(-c3ccc4c(c3CC)C#C4)cc2)CCCCC1. The van der Waals surface area contributed by atoms with Crippen molar-refractivity contribution in [3.05, 3.63) is 58.7 Å². The lowest BCUT2D eigenvalue weighted by molar-refractivity contribution is 0.266. The highest BCUT2D eigenvalue weighted by atomic mass is 14.4. The molecule has 2 aliphatic carbocycles. The maximum absolute atomic E-state index is 3.27. The van der Waals surface area contributed by atoms with Crippen molar-refractivity contribution in [1.82, 2.24) is 0 Å². The molecule has 27 heavy (non-hydrogen) atoms. The fraction of sp³-hybridized carbons (Fsp3) is 0.481. The average Bonchev–Trinajstić information content (AvgIpc) is 2.69. The summed E-state index contributed by atoms with van der Waals surface area (Å²) in [4.78, 5) is 0. The quantitative estimate of drug-likeness (QED) is 0.305. The van der Waals surface area contributed by atoms with E-state index in [1.165, 1.54) is 85.6 Å². The van der Waals surface area contributed by atoms with Crippen LogP contribution < -0.4 is 0 Å². The number of fused-ring (bicyclic) bond motifs is 1. The Balaban J connectivity index is 1.63. The molecule has 4 rings (SSSR count). The number of benzene rings is 2. The smallest absolute Gasteiger partial charge is 0.0443 e. The second-order valence-electron chi connectivity index (χ2n) is 8.49. The van der Waals surface area contributed by atoms with Crippen molar-refractivity contribution in [3.63, 3.8) is 0 Å². The van der Waals surface area contributed by atoms with Gasteiger partial charge in [0.05, 0.1) is 0 Å². The second-order valence-corrected chi connectivity index (χ2v) is 8.49. The molecule has 0 unspecified atom stereocenters. The van der Waals surface area contributed by atoms with Crippen molar-refractivity contribution in [3.8, 4) is 23.0 Å².